The molecular weight excluding hydrogens is 267 g/mol. The maximum absolute atomic E-state index is 12.8. The number of aromatic nitrogens is 1. The number of rotatable bonds is 2. The molecule has 1 aromatic heterocycles. The number of alkyl halides is 3. The second-order valence-electron chi connectivity index (χ2n) is 5.87. The quantitative estimate of drug-likeness (QED) is 0.908. The molecule has 6 heteroatoms. The zero-order valence-corrected chi connectivity index (χ0v) is 11.2. The van der Waals surface area contributed by atoms with Crippen LogP contribution in [0.5, 0.6) is 0 Å². The fraction of sp³-hybridized carbons (Fsp3) is 0.643. The van der Waals surface area contributed by atoms with Crippen LogP contribution in [0.1, 0.15) is 36.9 Å². The average molecular weight is 285 g/mol. The van der Waals surface area contributed by atoms with Gasteiger partial charge in [0.15, 0.2) is 0 Å². The van der Waals surface area contributed by atoms with E-state index in [-0.39, 0.29) is 6.54 Å². The van der Waals surface area contributed by atoms with Crippen LogP contribution in [0, 0.1) is 5.41 Å². The van der Waals surface area contributed by atoms with Crippen molar-refractivity contribution in [3.8, 4) is 0 Å². The Bertz CT molecular complexity index is 499. The van der Waals surface area contributed by atoms with Crippen molar-refractivity contribution < 1.29 is 13.2 Å². The maximum atomic E-state index is 12.8. The molecule has 2 heterocycles. The van der Waals surface area contributed by atoms with Crippen molar-refractivity contribution in [2.24, 2.45) is 11.1 Å². The Labute approximate surface area is 116 Å². The van der Waals surface area contributed by atoms with Crippen molar-refractivity contribution in [2.45, 2.75) is 38.4 Å². The molecule has 2 N–H and O–H groups in total. The van der Waals surface area contributed by atoms with Gasteiger partial charge in [-0.1, -0.05) is 6.07 Å². The monoisotopic (exact) mass is 285 g/mol. The van der Waals surface area contributed by atoms with Crippen LogP contribution < -0.4 is 10.6 Å². The van der Waals surface area contributed by atoms with Crippen LogP contribution in [0.4, 0.5) is 19.0 Å². The van der Waals surface area contributed by atoms with Gasteiger partial charge < -0.3 is 10.6 Å². The molecule has 0 aromatic carbocycles. The first-order valence-corrected chi connectivity index (χ1v) is 6.96. The first kappa shape index (κ1) is 13.7. The summed E-state index contributed by atoms with van der Waals surface area (Å²) in [5.41, 5.74) is 5.97. The highest BCUT2D eigenvalue weighted by Gasteiger charge is 2.45. The minimum Gasteiger partial charge on any atom is -0.356 e. The molecule has 110 valence electrons. The van der Waals surface area contributed by atoms with Gasteiger partial charge in [-0.05, 0) is 37.2 Å². The first-order chi connectivity index (χ1) is 9.43. The van der Waals surface area contributed by atoms with Gasteiger partial charge in [0.2, 0.25) is 0 Å². The molecule has 20 heavy (non-hydrogen) atoms. The second kappa shape index (κ2) is 4.62. The summed E-state index contributed by atoms with van der Waals surface area (Å²) in [7, 11) is 0. The summed E-state index contributed by atoms with van der Waals surface area (Å²) in [6.45, 7) is 1.77. The van der Waals surface area contributed by atoms with Crippen LogP contribution >= 0.6 is 0 Å². The van der Waals surface area contributed by atoms with E-state index in [9.17, 15) is 13.2 Å². The highest BCUT2D eigenvalue weighted by Crippen LogP contribution is 2.54. The Morgan fingerprint density at radius 1 is 1.15 bits per heavy atom. The first-order valence-electron chi connectivity index (χ1n) is 6.96. The Hall–Kier alpha value is -1.30. The summed E-state index contributed by atoms with van der Waals surface area (Å²) in [6.07, 6.45) is 0.223. The summed E-state index contributed by atoms with van der Waals surface area (Å²) in [6, 6.07) is 2.46. The number of piperidine rings is 1. The molecule has 1 saturated carbocycles. The van der Waals surface area contributed by atoms with Crippen molar-refractivity contribution in [1.82, 2.24) is 4.98 Å². The van der Waals surface area contributed by atoms with Gasteiger partial charge in [-0.15, -0.1) is 0 Å². The van der Waals surface area contributed by atoms with Crippen molar-refractivity contribution in [3.63, 3.8) is 0 Å². The highest BCUT2D eigenvalue weighted by molar-refractivity contribution is 5.48. The average Bonchev–Trinajstić information content (AvgIpc) is 3.17. The van der Waals surface area contributed by atoms with E-state index in [0.717, 1.165) is 32.0 Å². The zero-order valence-electron chi connectivity index (χ0n) is 11.2. The summed E-state index contributed by atoms with van der Waals surface area (Å²) in [4.78, 5) is 5.79. The standard InChI is InChI=1S/C14H18F3N3/c15-14(16,17)11-2-1-10(9-18)12(19-11)20-7-5-13(3-4-13)6-8-20/h1-2H,3-9,18H2. The van der Waals surface area contributed by atoms with E-state index in [1.807, 2.05) is 4.90 Å². The molecule has 0 amide bonds. The smallest absolute Gasteiger partial charge is 0.356 e. The van der Waals surface area contributed by atoms with Gasteiger partial charge in [0.25, 0.3) is 0 Å². The fourth-order valence-corrected chi connectivity index (χ4v) is 2.94. The van der Waals surface area contributed by atoms with Gasteiger partial charge in [0.1, 0.15) is 11.5 Å². The Morgan fingerprint density at radius 3 is 2.30 bits per heavy atom. The van der Waals surface area contributed by atoms with Gasteiger partial charge >= 0.3 is 6.18 Å². The van der Waals surface area contributed by atoms with Crippen molar-refractivity contribution in [1.29, 1.82) is 0 Å². The van der Waals surface area contributed by atoms with Crippen LogP contribution in [0.15, 0.2) is 12.1 Å². The lowest BCUT2D eigenvalue weighted by molar-refractivity contribution is -0.141. The Kier molecular flexibility index (Phi) is 3.16. The molecule has 2 aliphatic rings. The van der Waals surface area contributed by atoms with Crippen molar-refractivity contribution in [2.75, 3.05) is 18.0 Å². The molecule has 1 saturated heterocycles. The predicted molar refractivity (Wildman–Crippen MR) is 70.2 cm³/mol. The molecular formula is C14H18F3N3. The number of nitrogens with two attached hydrogens (primary N) is 1. The molecule has 1 spiro atoms. The van der Waals surface area contributed by atoms with Crippen LogP contribution in [0.25, 0.3) is 0 Å². The zero-order chi connectivity index (χ0) is 14.4. The van der Waals surface area contributed by atoms with Crippen molar-refractivity contribution in [3.05, 3.63) is 23.4 Å². The summed E-state index contributed by atoms with van der Waals surface area (Å²) in [5, 5.41) is 0. The largest absolute Gasteiger partial charge is 0.433 e. The topological polar surface area (TPSA) is 42.1 Å². The number of anilines is 1. The van der Waals surface area contributed by atoms with Crippen LogP contribution in [0.2, 0.25) is 0 Å². The highest BCUT2D eigenvalue weighted by atomic mass is 19.4. The lowest BCUT2D eigenvalue weighted by Crippen LogP contribution is -2.36. The van der Waals surface area contributed by atoms with E-state index in [4.69, 9.17) is 5.73 Å². The normalized spacial score (nSPS) is 21.3. The molecule has 2 fully saturated rings. The van der Waals surface area contributed by atoms with E-state index in [1.165, 1.54) is 18.9 Å². The minimum atomic E-state index is -4.41. The van der Waals surface area contributed by atoms with E-state index in [1.54, 1.807) is 0 Å². The second-order valence-corrected chi connectivity index (χ2v) is 5.87. The molecule has 1 aromatic rings. The number of nitrogens with zero attached hydrogens (tertiary/aromatic N) is 2. The lowest BCUT2D eigenvalue weighted by atomic mass is 9.93. The number of hydrogen-bond donors (Lipinski definition) is 1. The third kappa shape index (κ3) is 2.49. The Morgan fingerprint density at radius 2 is 1.80 bits per heavy atom. The summed E-state index contributed by atoms with van der Waals surface area (Å²) in [5.74, 6) is 0.415. The third-order valence-electron chi connectivity index (χ3n) is 4.55. The van der Waals surface area contributed by atoms with E-state index >= 15 is 0 Å². The maximum Gasteiger partial charge on any atom is 0.433 e. The van der Waals surface area contributed by atoms with Crippen molar-refractivity contribution >= 4 is 5.82 Å². The van der Waals surface area contributed by atoms with Crippen LogP contribution in [-0.2, 0) is 12.7 Å². The van der Waals surface area contributed by atoms with Gasteiger partial charge in [-0.3, -0.25) is 0 Å². The van der Waals surface area contributed by atoms with Gasteiger partial charge in [-0.2, -0.15) is 13.2 Å². The van der Waals surface area contributed by atoms with Gasteiger partial charge in [-0.25, -0.2) is 4.98 Å². The van der Waals surface area contributed by atoms with Crippen LogP contribution in [-0.4, -0.2) is 18.1 Å². The van der Waals surface area contributed by atoms with Crippen LogP contribution in [0.3, 0.4) is 0 Å². The van der Waals surface area contributed by atoms with Gasteiger partial charge in [0, 0.05) is 25.2 Å². The molecule has 3 rings (SSSR count). The molecule has 1 aliphatic carbocycles. The fourth-order valence-electron chi connectivity index (χ4n) is 2.94. The summed E-state index contributed by atoms with van der Waals surface area (Å²) >= 11 is 0. The molecule has 0 bridgehead atoms. The van der Waals surface area contributed by atoms with E-state index in [0.29, 0.717) is 16.8 Å². The molecule has 0 unspecified atom stereocenters. The minimum absolute atomic E-state index is 0.210. The van der Waals surface area contributed by atoms with E-state index < -0.39 is 11.9 Å². The molecule has 0 atom stereocenters. The number of hydrogen-bond acceptors (Lipinski definition) is 3. The molecule has 1 aliphatic heterocycles. The third-order valence-corrected chi connectivity index (χ3v) is 4.55. The Balaban J connectivity index is 1.86. The van der Waals surface area contributed by atoms with Gasteiger partial charge in [0.05, 0.1) is 0 Å². The molecule has 0 radical (unpaired) electrons. The van der Waals surface area contributed by atoms with E-state index in [2.05, 4.69) is 4.98 Å². The predicted octanol–water partition coefficient (Wildman–Crippen LogP) is 2.94. The SMILES string of the molecule is NCc1ccc(C(F)(F)F)nc1N1CCC2(CC1)CC2. The number of pyridine rings is 1. The lowest BCUT2D eigenvalue weighted by Gasteiger charge is -2.34. The molecule has 3 nitrogen and oxygen atoms in total. The number of halogens is 3. The summed E-state index contributed by atoms with van der Waals surface area (Å²) < 4.78 is 38.4.